The minimum Gasteiger partial charge on any atom is -0.462 e. The molecule has 2 unspecified atom stereocenters. The third-order valence-corrected chi connectivity index (χ3v) is 17.4. The van der Waals surface area contributed by atoms with Crippen molar-refractivity contribution in [3.8, 4) is 0 Å². The summed E-state index contributed by atoms with van der Waals surface area (Å²) in [5, 5.41) is 10.6. The molecule has 0 radical (unpaired) electrons. The fraction of sp³-hybridized carbons (Fsp3) is 0.940. The molecule has 0 amide bonds. The van der Waals surface area contributed by atoms with Crippen molar-refractivity contribution >= 4 is 39.5 Å². The molecule has 0 spiro atoms. The summed E-state index contributed by atoms with van der Waals surface area (Å²) < 4.78 is 68.1. The Hall–Kier alpha value is -1.94. The van der Waals surface area contributed by atoms with E-state index in [2.05, 4.69) is 34.6 Å². The topological polar surface area (TPSA) is 237 Å². The number of carbonyl (C=O) groups excluding carboxylic acids is 4. The van der Waals surface area contributed by atoms with Crippen molar-refractivity contribution in [3.63, 3.8) is 0 Å². The van der Waals surface area contributed by atoms with Gasteiger partial charge in [-0.3, -0.25) is 37.3 Å². The Balaban J connectivity index is 5.24. The third-order valence-electron chi connectivity index (χ3n) is 15.5. The zero-order chi connectivity index (χ0) is 63.5. The third kappa shape index (κ3) is 60.9. The Morgan fingerprint density at radius 3 is 0.791 bits per heavy atom. The average molecular weight is 1270 g/mol. The molecule has 19 heteroatoms. The summed E-state index contributed by atoms with van der Waals surface area (Å²) in [4.78, 5) is 72.3. The van der Waals surface area contributed by atoms with E-state index in [1.807, 2.05) is 0 Å². The minimum atomic E-state index is -4.95. The molecule has 86 heavy (non-hydrogen) atoms. The van der Waals surface area contributed by atoms with Crippen LogP contribution in [0.3, 0.4) is 0 Å². The van der Waals surface area contributed by atoms with Crippen LogP contribution in [-0.4, -0.2) is 96.7 Å². The van der Waals surface area contributed by atoms with E-state index in [-0.39, 0.29) is 25.7 Å². The Bertz CT molecular complexity index is 1670. The maximum absolute atomic E-state index is 13.0. The van der Waals surface area contributed by atoms with Gasteiger partial charge in [-0.25, -0.2) is 9.13 Å². The Kier molecular flexibility index (Phi) is 59.2. The fourth-order valence-corrected chi connectivity index (χ4v) is 11.7. The number of unbranched alkanes of at least 4 members (excludes halogenated alkanes) is 39. The number of aliphatic hydroxyl groups excluding tert-OH is 1. The van der Waals surface area contributed by atoms with E-state index in [1.165, 1.54) is 167 Å². The van der Waals surface area contributed by atoms with Crippen molar-refractivity contribution in [1.29, 1.82) is 0 Å². The lowest BCUT2D eigenvalue weighted by Crippen LogP contribution is -2.30. The minimum absolute atomic E-state index is 0.104. The zero-order valence-corrected chi connectivity index (χ0v) is 57.2. The van der Waals surface area contributed by atoms with Crippen LogP contribution in [0.25, 0.3) is 0 Å². The van der Waals surface area contributed by atoms with E-state index in [9.17, 15) is 43.2 Å². The summed E-state index contributed by atoms with van der Waals surface area (Å²) in [7, 11) is -9.89. The highest BCUT2D eigenvalue weighted by atomic mass is 31.2. The van der Waals surface area contributed by atoms with Gasteiger partial charge >= 0.3 is 39.5 Å². The van der Waals surface area contributed by atoms with Gasteiger partial charge in [0.1, 0.15) is 19.3 Å². The van der Waals surface area contributed by atoms with Crippen molar-refractivity contribution in [2.75, 3.05) is 39.6 Å². The number of esters is 4. The first-order valence-corrected chi connectivity index (χ1v) is 38.1. The summed E-state index contributed by atoms with van der Waals surface area (Å²) in [6.45, 7) is 7.16. The van der Waals surface area contributed by atoms with Crippen LogP contribution >= 0.6 is 15.6 Å². The molecule has 0 aliphatic rings. The Morgan fingerprint density at radius 2 is 0.535 bits per heavy atom. The van der Waals surface area contributed by atoms with Crippen LogP contribution in [-0.2, 0) is 65.4 Å². The van der Waals surface area contributed by atoms with Crippen molar-refractivity contribution in [2.45, 2.75) is 361 Å². The summed E-state index contributed by atoms with van der Waals surface area (Å²) >= 11 is 0. The molecular formula is C67H130O17P2. The lowest BCUT2D eigenvalue weighted by molar-refractivity contribution is -0.161. The molecule has 0 aromatic rings. The molecule has 5 atom stereocenters. The number of carbonyl (C=O) groups is 4. The number of phosphoric ester groups is 2. The summed E-state index contributed by atoms with van der Waals surface area (Å²) in [6.07, 6.45) is 45.8. The van der Waals surface area contributed by atoms with Crippen LogP contribution in [0.2, 0.25) is 0 Å². The van der Waals surface area contributed by atoms with Crippen molar-refractivity contribution < 1.29 is 80.2 Å². The zero-order valence-electron chi connectivity index (χ0n) is 55.4. The van der Waals surface area contributed by atoms with E-state index in [1.54, 1.807) is 0 Å². The summed E-state index contributed by atoms with van der Waals surface area (Å²) in [6, 6.07) is 0. The molecule has 0 bridgehead atoms. The molecule has 0 fully saturated rings. The predicted molar refractivity (Wildman–Crippen MR) is 345 cm³/mol. The molecule has 3 N–H and O–H groups in total. The van der Waals surface area contributed by atoms with Crippen LogP contribution in [0.1, 0.15) is 343 Å². The normalized spacial score (nSPS) is 14.2. The first-order valence-electron chi connectivity index (χ1n) is 35.1. The highest BCUT2D eigenvalue weighted by Gasteiger charge is 2.30. The van der Waals surface area contributed by atoms with Gasteiger partial charge in [0.05, 0.1) is 26.4 Å². The van der Waals surface area contributed by atoms with Crippen LogP contribution in [0.4, 0.5) is 0 Å². The second-order valence-corrected chi connectivity index (χ2v) is 27.6. The molecule has 0 aliphatic heterocycles. The van der Waals surface area contributed by atoms with Gasteiger partial charge in [0.25, 0.3) is 0 Å². The first-order chi connectivity index (χ1) is 41.5. The van der Waals surface area contributed by atoms with E-state index < -0.39 is 97.5 Å². The van der Waals surface area contributed by atoms with Gasteiger partial charge in [-0.1, -0.05) is 291 Å². The van der Waals surface area contributed by atoms with E-state index in [4.69, 9.17) is 37.0 Å². The maximum Gasteiger partial charge on any atom is 0.472 e. The Labute approximate surface area is 524 Å². The van der Waals surface area contributed by atoms with Crippen LogP contribution in [0, 0.1) is 5.92 Å². The Morgan fingerprint density at radius 1 is 0.314 bits per heavy atom. The predicted octanol–water partition coefficient (Wildman–Crippen LogP) is 19.0. The van der Waals surface area contributed by atoms with Crippen molar-refractivity contribution in [2.24, 2.45) is 5.92 Å². The quantitative estimate of drug-likeness (QED) is 0.0222. The molecule has 17 nitrogen and oxygen atoms in total. The lowest BCUT2D eigenvalue weighted by Gasteiger charge is -2.21. The number of hydrogen-bond donors (Lipinski definition) is 3. The number of aliphatic hydroxyl groups is 1. The fourth-order valence-electron chi connectivity index (χ4n) is 10.1. The molecule has 0 rings (SSSR count). The second-order valence-electron chi connectivity index (χ2n) is 24.7. The smallest absolute Gasteiger partial charge is 0.462 e. The SMILES string of the molecule is CCCCCCCCCCCCCCCCC(=O)O[C@H](COC(=O)CCCCCCCCCCCCCC)COP(=O)(O)OC[C@@H](O)COP(=O)(O)OC[C@@H](COC(=O)CCCCCCCCCCCC)OC(=O)CCCCCCCCCC(C)C. The van der Waals surface area contributed by atoms with Crippen molar-refractivity contribution in [3.05, 3.63) is 0 Å². The molecule has 0 aliphatic carbocycles. The molecule has 0 saturated heterocycles. The van der Waals surface area contributed by atoms with E-state index in [0.717, 1.165) is 89.9 Å². The molecular weight excluding hydrogens is 1140 g/mol. The van der Waals surface area contributed by atoms with Crippen LogP contribution < -0.4 is 0 Å². The number of rotatable bonds is 67. The molecule has 510 valence electrons. The standard InChI is InChI=1S/C67H130O17P2/c1-6-9-12-15-18-21-24-26-27-29-32-37-42-47-52-66(71)83-62(56-78-65(70)51-46-41-36-31-28-25-22-19-16-13-10-7-2)58-81-85(73,74)79-54-61(68)55-80-86(75,76)82-59-63(84-67(72)53-48-43-38-33-34-39-44-49-60(4)5)57-77-64(69)50-45-40-35-30-23-20-17-14-11-8-3/h60-63,68H,6-59H2,1-5H3,(H,73,74)(H,75,76)/t61-,62-,63-/m1/s1. The maximum atomic E-state index is 13.0. The largest absolute Gasteiger partial charge is 0.472 e. The second kappa shape index (κ2) is 60.6. The van der Waals surface area contributed by atoms with Crippen LogP contribution in [0.15, 0.2) is 0 Å². The van der Waals surface area contributed by atoms with Crippen molar-refractivity contribution in [1.82, 2.24) is 0 Å². The number of hydrogen-bond acceptors (Lipinski definition) is 15. The number of phosphoric acid groups is 2. The van der Waals surface area contributed by atoms with E-state index in [0.29, 0.717) is 31.6 Å². The van der Waals surface area contributed by atoms with Gasteiger partial charge in [-0.2, -0.15) is 0 Å². The van der Waals surface area contributed by atoms with Gasteiger partial charge in [0, 0.05) is 25.7 Å². The monoisotopic (exact) mass is 1270 g/mol. The van der Waals surface area contributed by atoms with Crippen LogP contribution in [0.5, 0.6) is 0 Å². The summed E-state index contributed by atoms with van der Waals surface area (Å²) in [5.74, 6) is -1.43. The van der Waals surface area contributed by atoms with Gasteiger partial charge in [0.2, 0.25) is 0 Å². The van der Waals surface area contributed by atoms with Gasteiger partial charge in [-0.15, -0.1) is 0 Å². The van der Waals surface area contributed by atoms with Gasteiger partial charge < -0.3 is 33.8 Å². The highest BCUT2D eigenvalue weighted by Crippen LogP contribution is 2.45. The summed E-state index contributed by atoms with van der Waals surface area (Å²) in [5.41, 5.74) is 0. The first kappa shape index (κ1) is 84.1. The molecule has 0 aromatic carbocycles. The van der Waals surface area contributed by atoms with Gasteiger partial charge in [-0.05, 0) is 31.6 Å². The highest BCUT2D eigenvalue weighted by molar-refractivity contribution is 7.47. The average Bonchev–Trinajstić information content (AvgIpc) is 3.53. The van der Waals surface area contributed by atoms with E-state index >= 15 is 0 Å². The molecule has 0 saturated carbocycles. The van der Waals surface area contributed by atoms with Gasteiger partial charge in [0.15, 0.2) is 12.2 Å². The molecule has 0 aromatic heterocycles. The number of ether oxygens (including phenoxy) is 4. The lowest BCUT2D eigenvalue weighted by atomic mass is 10.0. The molecule has 0 heterocycles.